The summed E-state index contributed by atoms with van der Waals surface area (Å²) in [5, 5.41) is 10.5. The summed E-state index contributed by atoms with van der Waals surface area (Å²) >= 11 is 0. The minimum absolute atomic E-state index is 0.0995. The van der Waals surface area contributed by atoms with Gasteiger partial charge in [0.15, 0.2) is 0 Å². The second-order valence-corrected chi connectivity index (χ2v) is 6.19. The first-order valence-corrected chi connectivity index (χ1v) is 6.73. The first-order valence-electron chi connectivity index (χ1n) is 6.73. The van der Waals surface area contributed by atoms with E-state index in [0.29, 0.717) is 0 Å². The van der Waals surface area contributed by atoms with E-state index in [2.05, 4.69) is 32.9 Å². The van der Waals surface area contributed by atoms with Gasteiger partial charge in [-0.2, -0.15) is 0 Å². The van der Waals surface area contributed by atoms with Crippen molar-refractivity contribution in [3.63, 3.8) is 0 Å². The topological polar surface area (TPSA) is 20.2 Å². The Morgan fingerprint density at radius 1 is 0.895 bits per heavy atom. The molecule has 0 aromatic heterocycles. The summed E-state index contributed by atoms with van der Waals surface area (Å²) in [5.74, 6) is 0. The fourth-order valence-electron chi connectivity index (χ4n) is 2.21. The van der Waals surface area contributed by atoms with Crippen LogP contribution >= 0.6 is 0 Å². The van der Waals surface area contributed by atoms with Crippen LogP contribution in [-0.2, 0) is 5.41 Å². The zero-order valence-electron chi connectivity index (χ0n) is 12.1. The number of aliphatic hydroxyl groups excluding tert-OH is 1. The molecule has 0 spiro atoms. The highest BCUT2D eigenvalue weighted by Crippen LogP contribution is 2.28. The van der Waals surface area contributed by atoms with Crippen LogP contribution in [0.25, 0.3) is 0 Å². The van der Waals surface area contributed by atoms with E-state index in [-0.39, 0.29) is 5.41 Å². The third-order valence-corrected chi connectivity index (χ3v) is 3.43. The molecule has 2 aromatic carbocycles. The van der Waals surface area contributed by atoms with E-state index < -0.39 is 6.10 Å². The molecular weight excluding hydrogens is 232 g/mol. The first kappa shape index (κ1) is 13.8. The third kappa shape index (κ3) is 3.24. The Hall–Kier alpha value is -1.60. The Balaban J connectivity index is 2.37. The predicted octanol–water partition coefficient (Wildman–Crippen LogP) is 4.37. The standard InChI is InChI=1S/C18H22O/c1-13-7-5-8-14(11-13)17(19)15-9-6-10-16(12-15)18(2,3)4/h5-12,17,19H,1-4H3. The van der Waals surface area contributed by atoms with E-state index in [0.717, 1.165) is 11.1 Å². The number of hydrogen-bond acceptors (Lipinski definition) is 1. The van der Waals surface area contributed by atoms with Crippen LogP contribution in [0.3, 0.4) is 0 Å². The lowest BCUT2D eigenvalue weighted by atomic mass is 9.85. The summed E-state index contributed by atoms with van der Waals surface area (Å²) in [5.41, 5.74) is 4.42. The zero-order valence-corrected chi connectivity index (χ0v) is 12.1. The quantitative estimate of drug-likeness (QED) is 0.843. The number of benzene rings is 2. The number of hydrogen-bond donors (Lipinski definition) is 1. The second-order valence-electron chi connectivity index (χ2n) is 6.19. The van der Waals surface area contributed by atoms with E-state index in [1.165, 1.54) is 11.1 Å². The molecule has 0 amide bonds. The molecule has 2 rings (SSSR count). The molecule has 0 heterocycles. The molecule has 0 aliphatic carbocycles. The molecule has 0 bridgehead atoms. The van der Waals surface area contributed by atoms with Crippen molar-refractivity contribution >= 4 is 0 Å². The van der Waals surface area contributed by atoms with Gasteiger partial charge in [0.1, 0.15) is 6.10 Å². The summed E-state index contributed by atoms with van der Waals surface area (Å²) in [6.45, 7) is 8.60. The van der Waals surface area contributed by atoms with Crippen LogP contribution in [0.5, 0.6) is 0 Å². The van der Waals surface area contributed by atoms with Crippen molar-refractivity contribution in [3.8, 4) is 0 Å². The molecule has 1 heteroatoms. The van der Waals surface area contributed by atoms with Gasteiger partial charge in [-0.1, -0.05) is 74.9 Å². The fraction of sp³-hybridized carbons (Fsp3) is 0.333. The minimum Gasteiger partial charge on any atom is -0.384 e. The van der Waals surface area contributed by atoms with Crippen LogP contribution in [-0.4, -0.2) is 5.11 Å². The zero-order chi connectivity index (χ0) is 14.0. The molecule has 100 valence electrons. The van der Waals surface area contributed by atoms with Gasteiger partial charge in [-0.05, 0) is 29.0 Å². The highest BCUT2D eigenvalue weighted by atomic mass is 16.3. The van der Waals surface area contributed by atoms with Gasteiger partial charge in [-0.15, -0.1) is 0 Å². The van der Waals surface area contributed by atoms with Crippen molar-refractivity contribution in [2.24, 2.45) is 0 Å². The van der Waals surface area contributed by atoms with Crippen molar-refractivity contribution in [2.45, 2.75) is 39.2 Å². The van der Waals surface area contributed by atoms with Gasteiger partial charge in [-0.25, -0.2) is 0 Å². The molecule has 1 nitrogen and oxygen atoms in total. The normalized spacial score (nSPS) is 13.3. The van der Waals surface area contributed by atoms with Gasteiger partial charge in [0, 0.05) is 0 Å². The van der Waals surface area contributed by atoms with Gasteiger partial charge >= 0.3 is 0 Å². The molecule has 0 saturated carbocycles. The third-order valence-electron chi connectivity index (χ3n) is 3.43. The lowest BCUT2D eigenvalue weighted by molar-refractivity contribution is 0.220. The molecule has 1 unspecified atom stereocenters. The Morgan fingerprint density at radius 2 is 1.47 bits per heavy atom. The Kier molecular flexibility index (Phi) is 3.77. The first-order chi connectivity index (χ1) is 8.88. The van der Waals surface area contributed by atoms with Crippen molar-refractivity contribution in [1.29, 1.82) is 0 Å². The smallest absolute Gasteiger partial charge is 0.104 e. The molecule has 0 radical (unpaired) electrons. The van der Waals surface area contributed by atoms with Crippen molar-refractivity contribution in [2.75, 3.05) is 0 Å². The Labute approximate surface area is 115 Å². The van der Waals surface area contributed by atoms with Crippen LogP contribution in [0.1, 0.15) is 49.1 Å². The molecule has 0 saturated heterocycles. The van der Waals surface area contributed by atoms with Crippen molar-refractivity contribution in [1.82, 2.24) is 0 Å². The van der Waals surface area contributed by atoms with Gasteiger partial charge < -0.3 is 5.11 Å². The number of aryl methyl sites for hydroxylation is 1. The highest BCUT2D eigenvalue weighted by Gasteiger charge is 2.16. The van der Waals surface area contributed by atoms with Crippen molar-refractivity contribution in [3.05, 3.63) is 70.8 Å². The van der Waals surface area contributed by atoms with Crippen LogP contribution in [0.4, 0.5) is 0 Å². The minimum atomic E-state index is -0.554. The van der Waals surface area contributed by atoms with Crippen LogP contribution < -0.4 is 0 Å². The van der Waals surface area contributed by atoms with E-state index in [1.807, 2.05) is 43.3 Å². The largest absolute Gasteiger partial charge is 0.384 e. The molecule has 0 fully saturated rings. The van der Waals surface area contributed by atoms with Crippen LogP contribution in [0, 0.1) is 6.92 Å². The second kappa shape index (κ2) is 5.18. The van der Waals surface area contributed by atoms with Gasteiger partial charge in [0.2, 0.25) is 0 Å². The molecule has 1 N–H and O–H groups in total. The van der Waals surface area contributed by atoms with Gasteiger partial charge in [0.05, 0.1) is 0 Å². The molecule has 0 aliphatic rings. The van der Waals surface area contributed by atoms with E-state index in [1.54, 1.807) is 0 Å². The average Bonchev–Trinajstić information content (AvgIpc) is 2.37. The molecule has 1 atom stereocenters. The lowest BCUT2D eigenvalue weighted by Crippen LogP contribution is -2.12. The molecule has 19 heavy (non-hydrogen) atoms. The fourth-order valence-corrected chi connectivity index (χ4v) is 2.21. The molecule has 2 aromatic rings. The van der Waals surface area contributed by atoms with E-state index in [9.17, 15) is 5.11 Å². The van der Waals surface area contributed by atoms with E-state index >= 15 is 0 Å². The maximum Gasteiger partial charge on any atom is 0.104 e. The predicted molar refractivity (Wildman–Crippen MR) is 80.4 cm³/mol. The van der Waals surface area contributed by atoms with E-state index in [4.69, 9.17) is 0 Å². The van der Waals surface area contributed by atoms with Crippen LogP contribution in [0.2, 0.25) is 0 Å². The Bertz CT molecular complexity index is 564. The Morgan fingerprint density at radius 3 is 2.05 bits per heavy atom. The number of rotatable bonds is 2. The highest BCUT2D eigenvalue weighted by molar-refractivity contribution is 5.36. The SMILES string of the molecule is Cc1cccc(C(O)c2cccc(C(C)(C)C)c2)c1. The van der Waals surface area contributed by atoms with Crippen molar-refractivity contribution < 1.29 is 5.11 Å². The summed E-state index contributed by atoms with van der Waals surface area (Å²) in [6, 6.07) is 16.3. The molecule has 0 aliphatic heterocycles. The van der Waals surface area contributed by atoms with Gasteiger partial charge in [-0.3, -0.25) is 0 Å². The van der Waals surface area contributed by atoms with Gasteiger partial charge in [0.25, 0.3) is 0 Å². The average molecular weight is 254 g/mol. The summed E-state index contributed by atoms with van der Waals surface area (Å²) in [6.07, 6.45) is -0.554. The number of aliphatic hydroxyl groups is 1. The maximum atomic E-state index is 10.5. The summed E-state index contributed by atoms with van der Waals surface area (Å²) in [7, 11) is 0. The monoisotopic (exact) mass is 254 g/mol. The lowest BCUT2D eigenvalue weighted by Gasteiger charge is -2.21. The molecular formula is C18H22O. The summed E-state index contributed by atoms with van der Waals surface area (Å²) in [4.78, 5) is 0. The summed E-state index contributed by atoms with van der Waals surface area (Å²) < 4.78 is 0. The maximum absolute atomic E-state index is 10.5. The van der Waals surface area contributed by atoms with Crippen LogP contribution in [0.15, 0.2) is 48.5 Å².